The molecule has 3 heterocycles. The van der Waals surface area contributed by atoms with E-state index >= 15 is 0 Å². The highest BCUT2D eigenvalue weighted by molar-refractivity contribution is 8.00. The van der Waals surface area contributed by atoms with Crippen LogP contribution in [0.15, 0.2) is 82.6 Å². The third kappa shape index (κ3) is 4.83. The Labute approximate surface area is 242 Å². The number of fused-ring (bicyclic) bond motifs is 2. The molecule has 0 bridgehead atoms. The van der Waals surface area contributed by atoms with Crippen molar-refractivity contribution in [3.05, 3.63) is 103 Å². The van der Waals surface area contributed by atoms with Crippen LogP contribution in [0.2, 0.25) is 5.02 Å². The highest BCUT2D eigenvalue weighted by Crippen LogP contribution is 2.54. The zero-order valence-corrected chi connectivity index (χ0v) is 23.4. The lowest BCUT2D eigenvalue weighted by molar-refractivity contribution is -0.122. The predicted molar refractivity (Wildman–Crippen MR) is 156 cm³/mol. The van der Waals surface area contributed by atoms with E-state index in [0.717, 1.165) is 16.9 Å². The number of carbonyl (C=O) groups is 3. The molecule has 11 heteroatoms. The van der Waals surface area contributed by atoms with Gasteiger partial charge in [-0.1, -0.05) is 70.6 Å². The minimum absolute atomic E-state index is 0.288. The number of imide groups is 1. The zero-order valence-electron chi connectivity index (χ0n) is 21.1. The first-order valence-electron chi connectivity index (χ1n) is 12.4. The number of anilines is 2. The fourth-order valence-electron chi connectivity index (χ4n) is 5.05. The van der Waals surface area contributed by atoms with Crippen LogP contribution >= 0.6 is 34.7 Å². The van der Waals surface area contributed by atoms with Gasteiger partial charge in [0, 0.05) is 27.1 Å². The number of thioether (sulfide) groups is 1. The lowest BCUT2D eigenvalue weighted by Crippen LogP contribution is -2.32. The van der Waals surface area contributed by atoms with Gasteiger partial charge in [-0.25, -0.2) is 4.90 Å². The van der Waals surface area contributed by atoms with Gasteiger partial charge in [0.15, 0.2) is 6.61 Å². The molecule has 0 radical (unpaired) electrons. The van der Waals surface area contributed by atoms with E-state index in [0.29, 0.717) is 37.6 Å². The van der Waals surface area contributed by atoms with E-state index in [9.17, 15) is 19.2 Å². The summed E-state index contributed by atoms with van der Waals surface area (Å²) in [6, 6.07) is 21.1. The lowest BCUT2D eigenvalue weighted by Gasteiger charge is -2.31. The van der Waals surface area contributed by atoms with Crippen molar-refractivity contribution < 1.29 is 19.1 Å². The first-order valence-corrected chi connectivity index (χ1v) is 14.5. The van der Waals surface area contributed by atoms with Crippen LogP contribution in [-0.4, -0.2) is 34.6 Å². The van der Waals surface area contributed by atoms with E-state index < -0.39 is 17.1 Å². The third-order valence-electron chi connectivity index (χ3n) is 6.84. The van der Waals surface area contributed by atoms with Crippen LogP contribution in [0.3, 0.4) is 0 Å². The average molecular weight is 592 g/mol. The second-order valence-electron chi connectivity index (χ2n) is 9.48. The van der Waals surface area contributed by atoms with Gasteiger partial charge in [-0.3, -0.25) is 19.2 Å². The summed E-state index contributed by atoms with van der Waals surface area (Å²) < 4.78 is 5.98. The number of ether oxygens (including phenoxy) is 1. The molecule has 6 rings (SSSR count). The van der Waals surface area contributed by atoms with Crippen LogP contribution in [-0.2, 0) is 14.4 Å². The minimum Gasteiger partial charge on any atom is -0.483 e. The fraction of sp³-hybridized carbons (Fsp3) is 0.172. The largest absolute Gasteiger partial charge is 0.483 e. The van der Waals surface area contributed by atoms with Crippen LogP contribution in [0.4, 0.5) is 11.4 Å². The van der Waals surface area contributed by atoms with Gasteiger partial charge < -0.3 is 15.0 Å². The maximum absolute atomic E-state index is 13.9. The molecule has 3 aromatic carbocycles. The number of hydrogen-bond acceptors (Lipinski definition) is 7. The molecular formula is C29H22ClN3O5S2. The minimum atomic E-state index is -0.807. The van der Waals surface area contributed by atoms with E-state index in [4.69, 9.17) is 16.3 Å². The number of aromatic amines is 1. The molecular weight excluding hydrogens is 570 g/mol. The molecule has 202 valence electrons. The van der Waals surface area contributed by atoms with E-state index in [-0.39, 0.29) is 29.2 Å². The molecule has 3 atom stereocenters. The first-order chi connectivity index (χ1) is 19.3. The summed E-state index contributed by atoms with van der Waals surface area (Å²) in [5.74, 6) is -2.24. The quantitative estimate of drug-likeness (QED) is 0.298. The molecule has 0 saturated carbocycles. The molecule has 2 aliphatic heterocycles. The van der Waals surface area contributed by atoms with Crippen LogP contribution in [0.1, 0.15) is 21.9 Å². The highest BCUT2D eigenvalue weighted by atomic mass is 35.5. The van der Waals surface area contributed by atoms with Crippen molar-refractivity contribution in [1.82, 2.24) is 4.98 Å². The number of hydrogen-bond donors (Lipinski definition) is 2. The van der Waals surface area contributed by atoms with Crippen LogP contribution < -0.4 is 19.8 Å². The molecule has 40 heavy (non-hydrogen) atoms. The van der Waals surface area contributed by atoms with Gasteiger partial charge in [-0.2, -0.15) is 0 Å². The lowest BCUT2D eigenvalue weighted by atomic mass is 9.82. The van der Waals surface area contributed by atoms with Crippen molar-refractivity contribution in [2.75, 3.05) is 16.8 Å². The van der Waals surface area contributed by atoms with Crippen molar-refractivity contribution in [2.24, 2.45) is 5.92 Å². The summed E-state index contributed by atoms with van der Waals surface area (Å²) in [6.07, 6.45) is 0. The van der Waals surface area contributed by atoms with Crippen molar-refractivity contribution in [1.29, 1.82) is 0 Å². The molecule has 0 spiro atoms. The van der Waals surface area contributed by atoms with Gasteiger partial charge in [-0.15, -0.1) is 0 Å². The second-order valence-corrected chi connectivity index (χ2v) is 12.1. The summed E-state index contributed by atoms with van der Waals surface area (Å²) in [4.78, 5) is 57.0. The Balaban J connectivity index is 1.36. The number of carbonyl (C=O) groups excluding carboxylic acids is 3. The SMILES string of the molecule is Cc1ccc(NC(=O)COc2ccc(Cl)cc2[C@@H]2c3sc(=O)[nH]c3S[C@H]3C(=O)N(c4ccccc4)C(=O)[C@@H]23)cc1. The van der Waals surface area contributed by atoms with Crippen molar-refractivity contribution in [2.45, 2.75) is 23.1 Å². The summed E-state index contributed by atoms with van der Waals surface area (Å²) >= 11 is 8.60. The highest BCUT2D eigenvalue weighted by Gasteiger charge is 2.56. The van der Waals surface area contributed by atoms with Gasteiger partial charge in [0.2, 0.25) is 11.8 Å². The first kappa shape index (κ1) is 26.4. The third-order valence-corrected chi connectivity index (χ3v) is 9.48. The topological polar surface area (TPSA) is 109 Å². The van der Waals surface area contributed by atoms with Crippen molar-refractivity contribution in [3.63, 3.8) is 0 Å². The van der Waals surface area contributed by atoms with E-state index in [2.05, 4.69) is 10.3 Å². The van der Waals surface area contributed by atoms with Gasteiger partial charge in [0.05, 0.1) is 16.6 Å². The van der Waals surface area contributed by atoms with Gasteiger partial charge in [-0.05, 0) is 49.4 Å². The molecule has 0 aliphatic carbocycles. The molecule has 2 aliphatic rings. The molecule has 2 N–H and O–H groups in total. The number of H-pyrrole nitrogens is 1. The average Bonchev–Trinajstić information content (AvgIpc) is 3.43. The summed E-state index contributed by atoms with van der Waals surface area (Å²) in [5, 5.41) is 2.98. The second kappa shape index (κ2) is 10.6. The summed E-state index contributed by atoms with van der Waals surface area (Å²) in [5.41, 5.74) is 2.72. The monoisotopic (exact) mass is 591 g/mol. The van der Waals surface area contributed by atoms with E-state index in [1.165, 1.54) is 16.7 Å². The van der Waals surface area contributed by atoms with Crippen LogP contribution in [0.25, 0.3) is 0 Å². The Hall–Kier alpha value is -3.86. The number of rotatable bonds is 6. The smallest absolute Gasteiger partial charge is 0.305 e. The number of nitrogens with one attached hydrogen (secondary N) is 2. The van der Waals surface area contributed by atoms with Crippen molar-refractivity contribution in [3.8, 4) is 5.75 Å². The zero-order chi connectivity index (χ0) is 28.0. The molecule has 3 amide bonds. The summed E-state index contributed by atoms with van der Waals surface area (Å²) in [7, 11) is 0. The molecule has 1 aromatic heterocycles. The Morgan fingerprint density at radius 2 is 1.77 bits per heavy atom. The van der Waals surface area contributed by atoms with Crippen molar-refractivity contribution >= 4 is 63.8 Å². The van der Waals surface area contributed by atoms with E-state index in [1.807, 2.05) is 25.1 Å². The number of para-hydroxylation sites is 1. The van der Waals surface area contributed by atoms with Gasteiger partial charge >= 0.3 is 4.87 Å². The fourth-order valence-corrected chi connectivity index (χ4v) is 7.74. The number of thiazole rings is 1. The number of nitrogens with zero attached hydrogens (tertiary/aromatic N) is 1. The molecule has 8 nitrogen and oxygen atoms in total. The Morgan fingerprint density at radius 1 is 1.02 bits per heavy atom. The molecule has 1 saturated heterocycles. The summed E-state index contributed by atoms with van der Waals surface area (Å²) in [6.45, 7) is 1.66. The predicted octanol–water partition coefficient (Wildman–Crippen LogP) is 5.21. The number of halogens is 1. The Morgan fingerprint density at radius 3 is 2.52 bits per heavy atom. The van der Waals surface area contributed by atoms with Gasteiger partial charge in [0.25, 0.3) is 5.91 Å². The Bertz CT molecular complexity index is 1690. The molecule has 1 fully saturated rings. The maximum atomic E-state index is 13.9. The number of aromatic nitrogens is 1. The normalized spacial score (nSPS) is 19.8. The standard InChI is InChI=1S/C29H22ClN3O5S2/c1-15-7-10-17(11-8-15)31-21(34)14-38-20-12-9-16(30)13-19(20)22-23-25(39-26-24(22)40-29(37)32-26)28(36)33(27(23)35)18-5-3-2-4-6-18/h2-13,22-23,25H,14H2,1H3,(H,31,34)(H,32,37)/t22-,23-,25+/m0/s1. The van der Waals surface area contributed by atoms with Crippen LogP contribution in [0.5, 0.6) is 5.75 Å². The van der Waals surface area contributed by atoms with Crippen LogP contribution in [0, 0.1) is 12.8 Å². The molecule has 4 aromatic rings. The number of benzene rings is 3. The maximum Gasteiger partial charge on any atom is 0.305 e. The Kier molecular flexibility index (Phi) is 6.99. The number of aryl methyl sites for hydroxylation is 1. The number of amides is 3. The van der Waals surface area contributed by atoms with Gasteiger partial charge in [0.1, 0.15) is 11.0 Å². The van der Waals surface area contributed by atoms with E-state index in [1.54, 1.807) is 54.6 Å². The molecule has 0 unspecified atom stereocenters.